The van der Waals surface area contributed by atoms with Gasteiger partial charge in [0, 0.05) is 17.9 Å². The molecule has 0 aliphatic heterocycles. The van der Waals surface area contributed by atoms with Gasteiger partial charge in [0.1, 0.15) is 5.78 Å². The number of carbonyl (C=O) groups excluding carboxylic acids is 1. The van der Waals surface area contributed by atoms with Crippen LogP contribution in [0.4, 0.5) is 0 Å². The zero-order valence-electron chi connectivity index (χ0n) is 21.3. The summed E-state index contributed by atoms with van der Waals surface area (Å²) in [5.41, 5.74) is -0.644. The number of carbonyl (C=O) groups is 1. The van der Waals surface area contributed by atoms with Crippen molar-refractivity contribution in [3.63, 3.8) is 0 Å². The first-order valence-corrected chi connectivity index (χ1v) is 13.1. The van der Waals surface area contributed by atoms with Crippen LogP contribution in [0.1, 0.15) is 86.5 Å². The minimum absolute atomic E-state index is 0.114. The number of allylic oxidation sites excluding steroid dienone is 2. The molecule has 3 aliphatic carbocycles. The van der Waals surface area contributed by atoms with Crippen LogP contribution in [0.2, 0.25) is 0 Å². The summed E-state index contributed by atoms with van der Waals surface area (Å²) in [6.45, 7) is 13.5. The molecule has 0 aromatic rings. The fourth-order valence-electron chi connectivity index (χ4n) is 7.65. The molecule has 3 rings (SSSR count). The van der Waals surface area contributed by atoms with E-state index in [2.05, 4.69) is 46.8 Å². The fourth-order valence-corrected chi connectivity index (χ4v) is 7.65. The van der Waals surface area contributed by atoms with Gasteiger partial charge in [-0.05, 0) is 85.9 Å². The highest BCUT2D eigenvalue weighted by atomic mass is 16.3. The SMILES string of the molecule is CC(C)[C@H](C)/C=C/[C@@H](C)[C@H]1CC[C@@H]([C@@H]2C[C@H](O)C3C[C@@H](O)CC[C@]3(C)C2=O)[C@]1(C)CCO. The Morgan fingerprint density at radius 2 is 1.69 bits per heavy atom. The van der Waals surface area contributed by atoms with Crippen LogP contribution in [0.25, 0.3) is 0 Å². The van der Waals surface area contributed by atoms with Crippen molar-refractivity contribution >= 4 is 5.78 Å². The van der Waals surface area contributed by atoms with Gasteiger partial charge in [-0.15, -0.1) is 0 Å². The van der Waals surface area contributed by atoms with Crippen LogP contribution >= 0.6 is 0 Å². The molecule has 4 nitrogen and oxygen atoms in total. The Morgan fingerprint density at radius 3 is 2.31 bits per heavy atom. The number of aliphatic hydroxyl groups is 3. The molecular formula is C28H48O4. The average molecular weight is 449 g/mol. The number of Topliss-reactive ketones (excluding diaryl/α,β-unsaturated/α-hetero) is 1. The first-order chi connectivity index (χ1) is 15.0. The number of aliphatic hydroxyl groups excluding tert-OH is 3. The maximum absolute atomic E-state index is 13.9. The highest BCUT2D eigenvalue weighted by molar-refractivity contribution is 5.88. The maximum Gasteiger partial charge on any atom is 0.142 e. The molecule has 3 N–H and O–H groups in total. The second-order valence-electron chi connectivity index (χ2n) is 12.3. The van der Waals surface area contributed by atoms with Crippen molar-refractivity contribution in [1.29, 1.82) is 0 Å². The summed E-state index contributed by atoms with van der Waals surface area (Å²) in [5.74, 6) is 2.21. The lowest BCUT2D eigenvalue weighted by molar-refractivity contribution is -0.162. The van der Waals surface area contributed by atoms with Crippen LogP contribution < -0.4 is 0 Å². The molecule has 0 heterocycles. The highest BCUT2D eigenvalue weighted by Crippen LogP contribution is 2.60. The van der Waals surface area contributed by atoms with E-state index in [9.17, 15) is 20.1 Å². The summed E-state index contributed by atoms with van der Waals surface area (Å²) in [4.78, 5) is 13.9. The van der Waals surface area contributed by atoms with Gasteiger partial charge in [0.05, 0.1) is 12.2 Å². The predicted octanol–water partition coefficient (Wildman–Crippen LogP) is 5.00. The predicted molar refractivity (Wildman–Crippen MR) is 129 cm³/mol. The molecule has 3 saturated carbocycles. The zero-order valence-corrected chi connectivity index (χ0v) is 21.3. The van der Waals surface area contributed by atoms with Crippen molar-refractivity contribution in [3.8, 4) is 0 Å². The van der Waals surface area contributed by atoms with E-state index in [-0.39, 0.29) is 29.8 Å². The standard InChI is InChI=1S/C28H48O4/c1-17(2)18(3)7-8-19(4)22-9-10-23(27(22,5)13-14-29)21-16-25(31)24-15-20(30)11-12-28(24,6)26(21)32/h7-8,17-25,29-31H,9-16H2,1-6H3/b8-7+/t18-,19-,20+,21+,22-,23+,24?,25+,27-,28+/m1/s1. The Hall–Kier alpha value is -0.710. The molecule has 0 aromatic carbocycles. The van der Waals surface area contributed by atoms with Crippen molar-refractivity contribution in [1.82, 2.24) is 0 Å². The summed E-state index contributed by atoms with van der Waals surface area (Å²) in [7, 11) is 0. The summed E-state index contributed by atoms with van der Waals surface area (Å²) in [5, 5.41) is 31.2. The number of hydrogen-bond donors (Lipinski definition) is 3. The van der Waals surface area contributed by atoms with Gasteiger partial charge in [0.2, 0.25) is 0 Å². The quantitative estimate of drug-likeness (QED) is 0.479. The topological polar surface area (TPSA) is 77.8 Å². The maximum atomic E-state index is 13.9. The molecule has 0 saturated heterocycles. The van der Waals surface area contributed by atoms with Gasteiger partial charge in [-0.1, -0.05) is 53.7 Å². The third-order valence-electron chi connectivity index (χ3n) is 10.2. The Labute approximate surface area is 195 Å². The molecule has 1 unspecified atom stereocenters. The lowest BCUT2D eigenvalue weighted by Crippen LogP contribution is -2.56. The molecule has 32 heavy (non-hydrogen) atoms. The van der Waals surface area contributed by atoms with E-state index >= 15 is 0 Å². The minimum atomic E-state index is -0.530. The van der Waals surface area contributed by atoms with Gasteiger partial charge in [0.15, 0.2) is 0 Å². The largest absolute Gasteiger partial charge is 0.396 e. The van der Waals surface area contributed by atoms with Gasteiger partial charge < -0.3 is 15.3 Å². The third kappa shape index (κ3) is 4.61. The first kappa shape index (κ1) is 25.9. The minimum Gasteiger partial charge on any atom is -0.396 e. The van der Waals surface area contributed by atoms with E-state index < -0.39 is 17.6 Å². The van der Waals surface area contributed by atoms with E-state index in [1.165, 1.54) is 0 Å². The average Bonchev–Trinajstić information content (AvgIpc) is 3.07. The number of fused-ring (bicyclic) bond motifs is 1. The Balaban J connectivity index is 1.85. The Morgan fingerprint density at radius 1 is 1.00 bits per heavy atom. The molecular weight excluding hydrogens is 400 g/mol. The van der Waals surface area contributed by atoms with Crippen LogP contribution in [-0.2, 0) is 4.79 Å². The number of ketones is 1. The highest BCUT2D eigenvalue weighted by Gasteiger charge is 2.59. The molecule has 0 radical (unpaired) electrons. The van der Waals surface area contributed by atoms with E-state index in [0.717, 1.165) is 12.8 Å². The molecule has 3 aliphatic rings. The molecule has 0 amide bonds. The van der Waals surface area contributed by atoms with Crippen molar-refractivity contribution in [2.75, 3.05) is 6.61 Å². The van der Waals surface area contributed by atoms with E-state index in [1.54, 1.807) is 0 Å². The first-order valence-electron chi connectivity index (χ1n) is 13.1. The summed E-state index contributed by atoms with van der Waals surface area (Å²) >= 11 is 0. The van der Waals surface area contributed by atoms with Gasteiger partial charge in [-0.3, -0.25) is 4.79 Å². The van der Waals surface area contributed by atoms with Gasteiger partial charge in [-0.25, -0.2) is 0 Å². The number of hydrogen-bond acceptors (Lipinski definition) is 4. The van der Waals surface area contributed by atoms with E-state index in [4.69, 9.17) is 0 Å². The van der Waals surface area contributed by atoms with Crippen molar-refractivity contribution in [2.45, 2.75) is 98.7 Å². The molecule has 0 spiro atoms. The normalized spacial score (nSPS) is 44.8. The second-order valence-corrected chi connectivity index (χ2v) is 12.3. The van der Waals surface area contributed by atoms with Crippen LogP contribution in [0.3, 0.4) is 0 Å². The lowest BCUT2D eigenvalue weighted by atomic mass is 9.51. The van der Waals surface area contributed by atoms with Crippen LogP contribution in [0.5, 0.6) is 0 Å². The molecule has 4 heteroatoms. The second kappa shape index (κ2) is 9.88. The van der Waals surface area contributed by atoms with Crippen molar-refractivity contribution < 1.29 is 20.1 Å². The van der Waals surface area contributed by atoms with Gasteiger partial charge in [-0.2, -0.15) is 0 Å². The van der Waals surface area contributed by atoms with Crippen LogP contribution in [-0.4, -0.2) is 39.9 Å². The monoisotopic (exact) mass is 448 g/mol. The molecule has 0 bridgehead atoms. The zero-order chi connectivity index (χ0) is 23.8. The van der Waals surface area contributed by atoms with Crippen molar-refractivity contribution in [3.05, 3.63) is 12.2 Å². The van der Waals surface area contributed by atoms with Gasteiger partial charge >= 0.3 is 0 Å². The molecule has 3 fully saturated rings. The van der Waals surface area contributed by atoms with Gasteiger partial charge in [0.25, 0.3) is 0 Å². The fraction of sp³-hybridized carbons (Fsp3) is 0.893. The Kier molecular flexibility index (Phi) is 8.00. The summed E-state index contributed by atoms with van der Waals surface area (Å²) < 4.78 is 0. The van der Waals surface area contributed by atoms with E-state index in [0.29, 0.717) is 61.6 Å². The molecule has 10 atom stereocenters. The Bertz CT molecular complexity index is 687. The lowest BCUT2D eigenvalue weighted by Gasteiger charge is -2.53. The van der Waals surface area contributed by atoms with E-state index in [1.807, 2.05) is 6.92 Å². The third-order valence-corrected chi connectivity index (χ3v) is 10.2. The summed E-state index contributed by atoms with van der Waals surface area (Å²) in [6, 6.07) is 0. The molecule has 0 aromatic heterocycles. The van der Waals surface area contributed by atoms with Crippen LogP contribution in [0.15, 0.2) is 12.2 Å². The molecule has 184 valence electrons. The van der Waals surface area contributed by atoms with Crippen LogP contribution in [0, 0.1) is 52.3 Å². The smallest absolute Gasteiger partial charge is 0.142 e. The number of rotatable bonds is 7. The summed E-state index contributed by atoms with van der Waals surface area (Å²) in [6.07, 6.45) is 8.92. The van der Waals surface area contributed by atoms with Crippen molar-refractivity contribution in [2.24, 2.45) is 52.3 Å².